The molecule has 32 heavy (non-hydrogen) atoms. The Balaban J connectivity index is 1.82. The first kappa shape index (κ1) is 22.5. The molecule has 0 spiro atoms. The van der Waals surface area contributed by atoms with Crippen molar-refractivity contribution in [2.24, 2.45) is 0 Å². The largest absolute Gasteiger partial charge is 0.481 e. The summed E-state index contributed by atoms with van der Waals surface area (Å²) in [5.74, 6) is -0.718. The van der Waals surface area contributed by atoms with Crippen LogP contribution in [-0.2, 0) is 4.79 Å². The van der Waals surface area contributed by atoms with Crippen LogP contribution < -0.4 is 0 Å². The zero-order valence-corrected chi connectivity index (χ0v) is 18.6. The molecule has 166 valence electrons. The summed E-state index contributed by atoms with van der Waals surface area (Å²) in [7, 11) is 0. The smallest absolute Gasteiger partial charge is 0.305 e. The van der Waals surface area contributed by atoms with Crippen molar-refractivity contribution in [2.75, 3.05) is 0 Å². The second-order valence-corrected chi connectivity index (χ2v) is 8.94. The molecule has 0 amide bonds. The van der Waals surface area contributed by atoms with Crippen LogP contribution in [-0.4, -0.2) is 38.5 Å². The fraction of sp³-hybridized carbons (Fsp3) is 0.308. The minimum atomic E-state index is -1.11. The molecule has 1 aliphatic carbocycles. The molecule has 0 aliphatic heterocycles. The van der Waals surface area contributed by atoms with Crippen LogP contribution in [0, 0.1) is 6.92 Å². The zero-order chi connectivity index (χ0) is 22.8. The average molecular weight is 452 g/mol. The molecule has 1 heterocycles. The van der Waals surface area contributed by atoms with E-state index in [4.69, 9.17) is 21.7 Å². The molecule has 1 saturated carbocycles. The van der Waals surface area contributed by atoms with Crippen LogP contribution in [0.15, 0.2) is 48.5 Å². The molecule has 1 aliphatic rings. The molecule has 2 aromatic carbocycles. The van der Waals surface area contributed by atoms with Crippen LogP contribution in [0.4, 0.5) is 0 Å². The third kappa shape index (κ3) is 5.18. The molecule has 0 bridgehead atoms. The van der Waals surface area contributed by atoms with Gasteiger partial charge in [0, 0.05) is 33.9 Å². The van der Waals surface area contributed by atoms with E-state index in [2.05, 4.69) is 12.1 Å². The van der Waals surface area contributed by atoms with Gasteiger partial charge >= 0.3 is 5.97 Å². The number of benzene rings is 2. The van der Waals surface area contributed by atoms with Crippen molar-refractivity contribution < 1.29 is 20.1 Å². The lowest BCUT2D eigenvalue weighted by Gasteiger charge is -2.17. The van der Waals surface area contributed by atoms with Gasteiger partial charge in [0.15, 0.2) is 0 Å². The van der Waals surface area contributed by atoms with Gasteiger partial charge in [-0.15, -0.1) is 0 Å². The van der Waals surface area contributed by atoms with Gasteiger partial charge in [-0.25, -0.2) is 0 Å². The van der Waals surface area contributed by atoms with Gasteiger partial charge in [0.05, 0.1) is 29.8 Å². The Bertz CT molecular complexity index is 1170. The molecule has 3 aromatic rings. The van der Waals surface area contributed by atoms with Crippen LogP contribution in [0.2, 0.25) is 5.02 Å². The summed E-state index contributed by atoms with van der Waals surface area (Å²) in [6.07, 6.45) is 3.12. The van der Waals surface area contributed by atoms with Gasteiger partial charge < -0.3 is 15.3 Å². The quantitative estimate of drug-likeness (QED) is 0.430. The van der Waals surface area contributed by atoms with E-state index >= 15 is 0 Å². The number of carboxylic acids is 1. The molecule has 0 saturated heterocycles. The van der Waals surface area contributed by atoms with Crippen molar-refractivity contribution in [3.63, 3.8) is 0 Å². The number of hydrogen-bond donors (Lipinski definition) is 3. The summed E-state index contributed by atoms with van der Waals surface area (Å²) in [6.45, 7) is 2.04. The van der Waals surface area contributed by atoms with E-state index in [0.29, 0.717) is 10.9 Å². The maximum Gasteiger partial charge on any atom is 0.305 e. The average Bonchev–Trinajstić information content (AvgIpc) is 3.56. The number of aromatic nitrogens is 1. The molecule has 4 rings (SSSR count). The monoisotopic (exact) mass is 451 g/mol. The predicted molar refractivity (Wildman–Crippen MR) is 127 cm³/mol. The van der Waals surface area contributed by atoms with Crippen molar-refractivity contribution in [3.05, 3.63) is 70.4 Å². The van der Waals surface area contributed by atoms with E-state index in [0.717, 1.165) is 51.7 Å². The molecule has 2 atom stereocenters. The van der Waals surface area contributed by atoms with Gasteiger partial charge in [-0.3, -0.25) is 9.78 Å². The van der Waals surface area contributed by atoms with Gasteiger partial charge in [0.1, 0.15) is 0 Å². The van der Waals surface area contributed by atoms with Crippen molar-refractivity contribution in [2.45, 2.75) is 50.7 Å². The summed E-state index contributed by atoms with van der Waals surface area (Å²) in [4.78, 5) is 15.8. The fourth-order valence-corrected chi connectivity index (χ4v) is 4.15. The zero-order valence-electron chi connectivity index (χ0n) is 17.8. The number of hydrogen-bond acceptors (Lipinski definition) is 4. The number of aliphatic hydroxyl groups excluding tert-OH is 2. The van der Waals surface area contributed by atoms with E-state index in [1.807, 2.05) is 43.3 Å². The normalized spacial score (nSPS) is 15.9. The van der Waals surface area contributed by atoms with E-state index in [9.17, 15) is 15.0 Å². The Morgan fingerprint density at radius 2 is 1.91 bits per heavy atom. The SMILES string of the molecule is Cc1ccc2nc(C3CC3)c(/C=C/C(O)CC(O)CC(=O)O)c(-c3ccc(Cl)cc3)c2c1. The molecule has 1 aromatic heterocycles. The lowest BCUT2D eigenvalue weighted by atomic mass is 9.91. The number of pyridine rings is 1. The summed E-state index contributed by atoms with van der Waals surface area (Å²) < 4.78 is 0. The van der Waals surface area contributed by atoms with Gasteiger partial charge in [-0.2, -0.15) is 0 Å². The molecule has 1 fully saturated rings. The third-order valence-electron chi connectivity index (χ3n) is 5.71. The highest BCUT2D eigenvalue weighted by atomic mass is 35.5. The first-order valence-corrected chi connectivity index (χ1v) is 11.2. The third-order valence-corrected chi connectivity index (χ3v) is 5.97. The molecule has 2 unspecified atom stereocenters. The molecule has 6 heteroatoms. The van der Waals surface area contributed by atoms with Gasteiger partial charge in [0.2, 0.25) is 0 Å². The van der Waals surface area contributed by atoms with Crippen molar-refractivity contribution in [1.82, 2.24) is 4.98 Å². The maximum absolute atomic E-state index is 10.8. The second kappa shape index (κ2) is 9.41. The van der Waals surface area contributed by atoms with Gasteiger partial charge in [-0.1, -0.05) is 47.5 Å². The number of aliphatic carboxylic acids is 1. The number of carboxylic acid groups (broad SMARTS) is 1. The van der Waals surface area contributed by atoms with E-state index in [1.165, 1.54) is 0 Å². The summed E-state index contributed by atoms with van der Waals surface area (Å²) in [5.41, 5.74) is 6.04. The number of aliphatic hydroxyl groups is 2. The number of nitrogens with zero attached hydrogens (tertiary/aromatic N) is 1. The maximum atomic E-state index is 10.8. The van der Waals surface area contributed by atoms with E-state index < -0.39 is 24.6 Å². The minimum Gasteiger partial charge on any atom is -0.481 e. The highest BCUT2D eigenvalue weighted by molar-refractivity contribution is 6.30. The number of fused-ring (bicyclic) bond motifs is 1. The van der Waals surface area contributed by atoms with Crippen molar-refractivity contribution >= 4 is 34.5 Å². The first-order chi connectivity index (χ1) is 15.3. The predicted octanol–water partition coefficient (Wildman–Crippen LogP) is 5.34. The van der Waals surface area contributed by atoms with E-state index in [-0.39, 0.29) is 6.42 Å². The van der Waals surface area contributed by atoms with Gasteiger partial charge in [-0.05, 0) is 49.6 Å². The van der Waals surface area contributed by atoms with Crippen molar-refractivity contribution in [1.29, 1.82) is 0 Å². The summed E-state index contributed by atoms with van der Waals surface area (Å²) in [5, 5.41) is 30.8. The van der Waals surface area contributed by atoms with Crippen LogP contribution in [0.25, 0.3) is 28.1 Å². The van der Waals surface area contributed by atoms with Crippen LogP contribution in [0.1, 0.15) is 48.4 Å². The highest BCUT2D eigenvalue weighted by Crippen LogP contribution is 2.45. The van der Waals surface area contributed by atoms with Gasteiger partial charge in [0.25, 0.3) is 0 Å². The highest BCUT2D eigenvalue weighted by Gasteiger charge is 2.29. The molecule has 3 N–H and O–H groups in total. The summed E-state index contributed by atoms with van der Waals surface area (Å²) >= 11 is 6.14. The lowest BCUT2D eigenvalue weighted by Crippen LogP contribution is -2.19. The summed E-state index contributed by atoms with van der Waals surface area (Å²) in [6, 6.07) is 13.9. The fourth-order valence-electron chi connectivity index (χ4n) is 4.02. The molecular formula is C26H26ClNO4. The Morgan fingerprint density at radius 1 is 1.19 bits per heavy atom. The number of halogens is 1. The van der Waals surface area contributed by atoms with E-state index in [1.54, 1.807) is 6.08 Å². The number of rotatable bonds is 8. The number of carbonyl (C=O) groups is 1. The van der Waals surface area contributed by atoms with Crippen LogP contribution in [0.5, 0.6) is 0 Å². The van der Waals surface area contributed by atoms with Crippen molar-refractivity contribution in [3.8, 4) is 11.1 Å². The Hall–Kier alpha value is -2.73. The van der Waals surface area contributed by atoms with Crippen LogP contribution >= 0.6 is 11.6 Å². The second-order valence-electron chi connectivity index (χ2n) is 8.50. The first-order valence-electron chi connectivity index (χ1n) is 10.8. The number of aryl methyl sites for hydroxylation is 1. The lowest BCUT2D eigenvalue weighted by molar-refractivity contribution is -0.139. The standard InChI is InChI=1S/C26H26ClNO4/c1-15-2-11-23-22(12-15)25(16-5-7-18(27)8-6-16)21(26(28-23)17-3-4-17)10-9-19(29)13-20(30)14-24(31)32/h2,5-12,17,19-20,29-30H,3-4,13-14H2,1H3,(H,31,32)/b10-9+. The topological polar surface area (TPSA) is 90.7 Å². The molecule has 0 radical (unpaired) electrons. The Labute approximate surface area is 192 Å². The minimum absolute atomic E-state index is 0.0437. The molecule has 5 nitrogen and oxygen atoms in total. The Morgan fingerprint density at radius 3 is 2.56 bits per heavy atom. The van der Waals surface area contributed by atoms with Crippen LogP contribution in [0.3, 0.4) is 0 Å². The molecular weight excluding hydrogens is 426 g/mol. The Kier molecular flexibility index (Phi) is 6.60.